The number of rotatable bonds is 5. The number of benzene rings is 5. The Morgan fingerprint density at radius 2 is 1.00 bits per heavy atom. The van der Waals surface area contributed by atoms with E-state index >= 15 is 0 Å². The van der Waals surface area contributed by atoms with Crippen LogP contribution in [0.1, 0.15) is 27.8 Å². The molecule has 0 spiro atoms. The molecular formula is C35H27NO. The molecule has 5 aromatic carbocycles. The molecule has 37 heavy (non-hydrogen) atoms. The number of nitrogens with zero attached hydrogens (tertiary/aromatic N) is 1. The van der Waals surface area contributed by atoms with Crippen LogP contribution in [-0.4, -0.2) is 7.11 Å². The molecule has 0 radical (unpaired) electrons. The van der Waals surface area contributed by atoms with Gasteiger partial charge in [0, 0.05) is 17.1 Å². The van der Waals surface area contributed by atoms with Crippen LogP contribution in [0.25, 0.3) is 23.8 Å². The highest BCUT2D eigenvalue weighted by atomic mass is 16.5. The number of anilines is 3. The van der Waals surface area contributed by atoms with Gasteiger partial charge in [0.25, 0.3) is 0 Å². The molecule has 5 aromatic rings. The van der Waals surface area contributed by atoms with E-state index in [1.54, 1.807) is 7.11 Å². The minimum atomic E-state index is 0.845. The van der Waals surface area contributed by atoms with E-state index in [9.17, 15) is 0 Å². The highest BCUT2D eigenvalue weighted by Crippen LogP contribution is 2.37. The van der Waals surface area contributed by atoms with Crippen LogP contribution in [0.3, 0.4) is 0 Å². The van der Waals surface area contributed by atoms with Crippen LogP contribution >= 0.6 is 0 Å². The van der Waals surface area contributed by atoms with E-state index < -0.39 is 0 Å². The van der Waals surface area contributed by atoms with E-state index in [4.69, 9.17) is 4.74 Å². The molecule has 0 heterocycles. The lowest BCUT2D eigenvalue weighted by atomic mass is 9.92. The second-order valence-corrected chi connectivity index (χ2v) is 9.03. The maximum Gasteiger partial charge on any atom is 0.119 e. The third kappa shape index (κ3) is 4.57. The van der Waals surface area contributed by atoms with Crippen molar-refractivity contribution in [3.8, 4) is 5.75 Å². The summed E-state index contributed by atoms with van der Waals surface area (Å²) in [7, 11) is 1.69. The molecule has 2 nitrogen and oxygen atoms in total. The van der Waals surface area contributed by atoms with Gasteiger partial charge in [0.1, 0.15) is 5.75 Å². The first-order chi connectivity index (χ1) is 18.3. The minimum absolute atomic E-state index is 0.845. The number of hydrogen-bond donors (Lipinski definition) is 0. The van der Waals surface area contributed by atoms with Gasteiger partial charge in [0.2, 0.25) is 0 Å². The van der Waals surface area contributed by atoms with Crippen molar-refractivity contribution < 1.29 is 4.74 Å². The summed E-state index contributed by atoms with van der Waals surface area (Å²) in [6, 6.07) is 44.6. The van der Waals surface area contributed by atoms with Crippen LogP contribution in [0.5, 0.6) is 5.75 Å². The van der Waals surface area contributed by atoms with Crippen molar-refractivity contribution in [3.05, 3.63) is 155 Å². The van der Waals surface area contributed by atoms with Crippen LogP contribution in [0.4, 0.5) is 17.1 Å². The summed E-state index contributed by atoms with van der Waals surface area (Å²) >= 11 is 0. The van der Waals surface area contributed by atoms with Crippen molar-refractivity contribution in [2.45, 2.75) is 0 Å². The third-order valence-corrected chi connectivity index (χ3v) is 6.75. The standard InChI is InChI=1S/C35H27NO/c1-37-32-23-21-31(22-24-32)36(29-11-3-2-4-12-29)30-19-15-26(16-20-30)25-35-33-13-7-5-9-27(33)17-18-28-10-6-8-14-34(28)35/h2-25H,1H3. The molecule has 178 valence electrons. The van der Waals surface area contributed by atoms with Crippen molar-refractivity contribution in [1.29, 1.82) is 0 Å². The molecule has 0 fully saturated rings. The lowest BCUT2D eigenvalue weighted by Gasteiger charge is -2.25. The molecule has 0 atom stereocenters. The molecule has 6 rings (SSSR count). The summed E-state index contributed by atoms with van der Waals surface area (Å²) in [6.07, 6.45) is 6.73. The van der Waals surface area contributed by atoms with Crippen LogP contribution in [0.2, 0.25) is 0 Å². The monoisotopic (exact) mass is 477 g/mol. The molecule has 0 N–H and O–H groups in total. The smallest absolute Gasteiger partial charge is 0.119 e. The van der Waals surface area contributed by atoms with Gasteiger partial charge in [-0.1, -0.05) is 91.0 Å². The molecule has 0 saturated carbocycles. The Kier molecular flexibility index (Phi) is 6.14. The zero-order valence-corrected chi connectivity index (χ0v) is 20.7. The first-order valence-electron chi connectivity index (χ1n) is 12.5. The van der Waals surface area contributed by atoms with E-state index in [1.165, 1.54) is 27.8 Å². The summed E-state index contributed by atoms with van der Waals surface area (Å²) in [5.74, 6) is 0.845. The first kappa shape index (κ1) is 22.6. The Balaban J connectivity index is 1.42. The summed E-state index contributed by atoms with van der Waals surface area (Å²) in [5, 5.41) is 0. The second kappa shape index (κ2) is 10.0. The number of fused-ring (bicyclic) bond motifs is 2. The van der Waals surface area contributed by atoms with E-state index in [2.05, 4.69) is 132 Å². The highest BCUT2D eigenvalue weighted by molar-refractivity contribution is 6.00. The van der Waals surface area contributed by atoms with Gasteiger partial charge < -0.3 is 9.64 Å². The van der Waals surface area contributed by atoms with Crippen molar-refractivity contribution >= 4 is 40.9 Å². The average molecular weight is 478 g/mol. The van der Waals surface area contributed by atoms with E-state index in [-0.39, 0.29) is 0 Å². The Labute approximate surface area is 218 Å². The number of methoxy groups -OCH3 is 1. The van der Waals surface area contributed by atoms with Gasteiger partial charge in [-0.15, -0.1) is 0 Å². The molecule has 1 aliphatic rings. The first-order valence-corrected chi connectivity index (χ1v) is 12.5. The molecule has 0 unspecified atom stereocenters. The highest BCUT2D eigenvalue weighted by Gasteiger charge is 2.15. The fraction of sp³-hybridized carbons (Fsp3) is 0.0286. The molecule has 0 aliphatic heterocycles. The molecule has 0 amide bonds. The molecule has 0 aromatic heterocycles. The van der Waals surface area contributed by atoms with Gasteiger partial charge in [-0.3, -0.25) is 0 Å². The SMILES string of the molecule is COc1ccc(N(c2ccccc2)c2ccc(C=C3c4ccccc4C=Cc4ccccc43)cc2)cc1. The summed E-state index contributed by atoms with van der Waals surface area (Å²) < 4.78 is 5.38. The van der Waals surface area contributed by atoms with Crippen LogP contribution < -0.4 is 9.64 Å². The second-order valence-electron chi connectivity index (χ2n) is 9.03. The topological polar surface area (TPSA) is 12.5 Å². The number of ether oxygens (including phenoxy) is 1. The normalized spacial score (nSPS) is 11.8. The molecule has 2 heteroatoms. The van der Waals surface area contributed by atoms with Crippen molar-refractivity contribution in [3.63, 3.8) is 0 Å². The maximum absolute atomic E-state index is 5.38. The molecular weight excluding hydrogens is 450 g/mol. The van der Waals surface area contributed by atoms with Gasteiger partial charge in [0.05, 0.1) is 7.11 Å². The Morgan fingerprint density at radius 1 is 0.514 bits per heavy atom. The van der Waals surface area contributed by atoms with Crippen molar-refractivity contribution in [1.82, 2.24) is 0 Å². The minimum Gasteiger partial charge on any atom is -0.497 e. The Hall–Kier alpha value is -4.82. The van der Waals surface area contributed by atoms with Crippen LogP contribution in [-0.2, 0) is 0 Å². The van der Waals surface area contributed by atoms with Gasteiger partial charge in [-0.25, -0.2) is 0 Å². The van der Waals surface area contributed by atoms with Crippen LogP contribution in [0, 0.1) is 0 Å². The zero-order chi connectivity index (χ0) is 25.0. The Bertz CT molecular complexity index is 1530. The van der Waals surface area contributed by atoms with Crippen molar-refractivity contribution in [2.24, 2.45) is 0 Å². The largest absolute Gasteiger partial charge is 0.497 e. The third-order valence-electron chi connectivity index (χ3n) is 6.75. The lowest BCUT2D eigenvalue weighted by Crippen LogP contribution is -2.09. The summed E-state index contributed by atoms with van der Waals surface area (Å²) in [5.41, 5.74) is 10.6. The van der Waals surface area contributed by atoms with Crippen molar-refractivity contribution in [2.75, 3.05) is 12.0 Å². The van der Waals surface area contributed by atoms with Gasteiger partial charge in [0.15, 0.2) is 0 Å². The molecule has 1 aliphatic carbocycles. The average Bonchev–Trinajstić information content (AvgIpc) is 3.12. The van der Waals surface area contributed by atoms with E-state index in [0.29, 0.717) is 0 Å². The summed E-state index contributed by atoms with van der Waals surface area (Å²) in [6.45, 7) is 0. The number of para-hydroxylation sites is 1. The van der Waals surface area contributed by atoms with Gasteiger partial charge >= 0.3 is 0 Å². The quantitative estimate of drug-likeness (QED) is 0.245. The molecule has 0 bridgehead atoms. The fourth-order valence-corrected chi connectivity index (χ4v) is 4.90. The Morgan fingerprint density at radius 3 is 1.57 bits per heavy atom. The fourth-order valence-electron chi connectivity index (χ4n) is 4.90. The number of hydrogen-bond acceptors (Lipinski definition) is 2. The van der Waals surface area contributed by atoms with Gasteiger partial charge in [-0.05, 0) is 88.0 Å². The molecule has 0 saturated heterocycles. The summed E-state index contributed by atoms with van der Waals surface area (Å²) in [4.78, 5) is 2.26. The predicted octanol–water partition coefficient (Wildman–Crippen LogP) is 9.24. The van der Waals surface area contributed by atoms with Gasteiger partial charge in [-0.2, -0.15) is 0 Å². The lowest BCUT2D eigenvalue weighted by molar-refractivity contribution is 0.415. The predicted molar refractivity (Wildman–Crippen MR) is 156 cm³/mol. The van der Waals surface area contributed by atoms with E-state index in [1.807, 2.05) is 18.2 Å². The van der Waals surface area contributed by atoms with Crippen LogP contribution in [0.15, 0.2) is 127 Å². The zero-order valence-electron chi connectivity index (χ0n) is 20.7. The maximum atomic E-state index is 5.38. The van der Waals surface area contributed by atoms with E-state index in [0.717, 1.165) is 28.4 Å².